The first-order valence-corrected chi connectivity index (χ1v) is 11.2. The highest BCUT2D eigenvalue weighted by Crippen LogP contribution is 2.30. The molecule has 2 aliphatic rings. The maximum atomic E-state index is 12.8. The lowest BCUT2D eigenvalue weighted by atomic mass is 9.97. The van der Waals surface area contributed by atoms with Crippen LogP contribution in [0, 0.1) is 12.8 Å². The van der Waals surface area contributed by atoms with Crippen molar-refractivity contribution in [2.24, 2.45) is 5.92 Å². The second-order valence-electron chi connectivity index (χ2n) is 7.93. The van der Waals surface area contributed by atoms with Crippen LogP contribution in [0.15, 0.2) is 11.7 Å². The molecule has 0 aromatic carbocycles. The summed E-state index contributed by atoms with van der Waals surface area (Å²) in [4.78, 5) is 33.4. The second-order valence-corrected chi connectivity index (χ2v) is 8.79. The Balaban J connectivity index is 1.39. The summed E-state index contributed by atoms with van der Waals surface area (Å²) < 4.78 is 2.26. The smallest absolute Gasteiger partial charge is 0.231 e. The van der Waals surface area contributed by atoms with Crippen molar-refractivity contribution in [3.8, 4) is 0 Å². The molecule has 9 heteroatoms. The molecule has 5 heterocycles. The lowest BCUT2D eigenvalue weighted by Crippen LogP contribution is -2.41. The molecule has 0 spiro atoms. The number of fused-ring (bicyclic) bond motifs is 3. The van der Waals surface area contributed by atoms with E-state index in [2.05, 4.69) is 29.7 Å². The molecule has 1 saturated heterocycles. The van der Waals surface area contributed by atoms with Crippen LogP contribution in [0.25, 0.3) is 11.2 Å². The van der Waals surface area contributed by atoms with Gasteiger partial charge in [0.2, 0.25) is 5.91 Å². The summed E-state index contributed by atoms with van der Waals surface area (Å²) in [7, 11) is 0. The molecule has 1 atom stereocenters. The zero-order chi connectivity index (χ0) is 19.8. The van der Waals surface area contributed by atoms with E-state index < -0.39 is 0 Å². The minimum absolute atomic E-state index is 0.0370. The van der Waals surface area contributed by atoms with Crippen LogP contribution in [0.2, 0.25) is 0 Å². The first kappa shape index (κ1) is 18.5. The van der Waals surface area contributed by atoms with Gasteiger partial charge >= 0.3 is 0 Å². The average molecular weight is 412 g/mol. The lowest BCUT2D eigenvalue weighted by molar-refractivity contribution is -0.120. The summed E-state index contributed by atoms with van der Waals surface area (Å²) in [6.45, 7) is 4.43. The Morgan fingerprint density at radius 2 is 2.10 bits per heavy atom. The molecule has 8 nitrogen and oxygen atoms in total. The van der Waals surface area contributed by atoms with Gasteiger partial charge in [-0.1, -0.05) is 6.42 Å². The monoisotopic (exact) mass is 411 g/mol. The molecule has 29 heavy (non-hydrogen) atoms. The third kappa shape index (κ3) is 3.59. The van der Waals surface area contributed by atoms with E-state index in [1.54, 1.807) is 6.33 Å². The number of nitrogens with one attached hydrogen (secondary N) is 1. The van der Waals surface area contributed by atoms with E-state index >= 15 is 0 Å². The van der Waals surface area contributed by atoms with Gasteiger partial charge < -0.3 is 14.8 Å². The zero-order valence-electron chi connectivity index (χ0n) is 16.6. The zero-order valence-corrected chi connectivity index (χ0v) is 17.4. The van der Waals surface area contributed by atoms with Gasteiger partial charge in [-0.15, -0.1) is 11.3 Å². The summed E-state index contributed by atoms with van der Waals surface area (Å²) in [6.07, 6.45) is 8.04. The van der Waals surface area contributed by atoms with Crippen LogP contribution in [0.4, 0.5) is 10.9 Å². The van der Waals surface area contributed by atoms with E-state index in [1.165, 1.54) is 30.6 Å². The molecular formula is C20H25N7OS. The van der Waals surface area contributed by atoms with Crippen LogP contribution in [0.1, 0.15) is 43.6 Å². The molecule has 2 aliphatic heterocycles. The molecule has 152 valence electrons. The predicted molar refractivity (Wildman–Crippen MR) is 113 cm³/mol. The number of piperidine rings is 1. The van der Waals surface area contributed by atoms with Crippen molar-refractivity contribution in [1.82, 2.24) is 24.5 Å². The fraction of sp³-hybridized carbons (Fsp3) is 0.550. The van der Waals surface area contributed by atoms with Gasteiger partial charge in [0.15, 0.2) is 22.1 Å². The van der Waals surface area contributed by atoms with Crippen molar-refractivity contribution >= 4 is 39.4 Å². The standard InChI is InChI=1S/C20H25N7OS/c1-13-11-29-20(23-13)25-19(28)14-6-5-8-26(10-14)17-16-18(22-12-21-17)27-9-4-2-3-7-15(27)24-16/h11-12,14H,2-10H2,1H3,(H,23,25,28). The van der Waals surface area contributed by atoms with E-state index in [-0.39, 0.29) is 11.8 Å². The molecule has 0 bridgehead atoms. The molecule has 1 unspecified atom stereocenters. The van der Waals surface area contributed by atoms with Crippen molar-refractivity contribution < 1.29 is 4.79 Å². The highest BCUT2D eigenvalue weighted by Gasteiger charge is 2.29. The SMILES string of the molecule is Cc1csc(NC(=O)C2CCCN(c3ncnc4c3nc3n4CCCCC3)C2)n1. The number of thiazole rings is 1. The van der Waals surface area contributed by atoms with Crippen LogP contribution in [0.3, 0.4) is 0 Å². The van der Waals surface area contributed by atoms with Gasteiger partial charge in [0.05, 0.1) is 11.6 Å². The molecule has 3 aromatic rings. The van der Waals surface area contributed by atoms with E-state index in [4.69, 9.17) is 4.98 Å². The average Bonchev–Trinajstić information content (AvgIpc) is 3.22. The fourth-order valence-electron chi connectivity index (χ4n) is 4.36. The topological polar surface area (TPSA) is 88.8 Å². The summed E-state index contributed by atoms with van der Waals surface area (Å²) in [5.41, 5.74) is 2.73. The van der Waals surface area contributed by atoms with E-state index in [1.807, 2.05) is 12.3 Å². The van der Waals surface area contributed by atoms with Gasteiger partial charge in [-0.3, -0.25) is 4.79 Å². The minimum atomic E-state index is -0.0848. The van der Waals surface area contributed by atoms with Crippen molar-refractivity contribution in [3.63, 3.8) is 0 Å². The number of carbonyl (C=O) groups excluding carboxylic acids is 1. The Bertz CT molecular complexity index is 1040. The highest BCUT2D eigenvalue weighted by atomic mass is 32.1. The highest BCUT2D eigenvalue weighted by molar-refractivity contribution is 7.13. The Kier molecular flexibility index (Phi) is 4.91. The number of nitrogens with zero attached hydrogens (tertiary/aromatic N) is 6. The Hall–Kier alpha value is -2.55. The number of carbonyl (C=O) groups is 1. The van der Waals surface area contributed by atoms with Gasteiger partial charge in [0.25, 0.3) is 0 Å². The minimum Gasteiger partial charge on any atom is -0.354 e. The molecule has 5 rings (SSSR count). The van der Waals surface area contributed by atoms with Crippen LogP contribution >= 0.6 is 11.3 Å². The second kappa shape index (κ2) is 7.70. The van der Waals surface area contributed by atoms with Crippen molar-refractivity contribution in [3.05, 3.63) is 23.2 Å². The third-order valence-corrected chi connectivity index (χ3v) is 6.69. The predicted octanol–water partition coefficient (Wildman–Crippen LogP) is 3.17. The lowest BCUT2D eigenvalue weighted by Gasteiger charge is -2.32. The number of hydrogen-bond acceptors (Lipinski definition) is 7. The van der Waals surface area contributed by atoms with Gasteiger partial charge in [-0.2, -0.15) is 0 Å². The van der Waals surface area contributed by atoms with Crippen LogP contribution < -0.4 is 10.2 Å². The number of aromatic nitrogens is 5. The largest absolute Gasteiger partial charge is 0.354 e. The maximum absolute atomic E-state index is 12.8. The first-order chi connectivity index (χ1) is 14.2. The van der Waals surface area contributed by atoms with Crippen molar-refractivity contribution in [2.45, 2.75) is 52.0 Å². The number of hydrogen-bond donors (Lipinski definition) is 1. The summed E-state index contributed by atoms with van der Waals surface area (Å²) in [6, 6.07) is 0. The number of imidazole rings is 1. The number of anilines is 2. The molecule has 0 aliphatic carbocycles. The van der Waals surface area contributed by atoms with Gasteiger partial charge in [-0.05, 0) is 32.6 Å². The van der Waals surface area contributed by atoms with Gasteiger partial charge in [-0.25, -0.2) is 19.9 Å². The summed E-state index contributed by atoms with van der Waals surface area (Å²) in [5, 5.41) is 5.60. The Morgan fingerprint density at radius 3 is 2.97 bits per heavy atom. The maximum Gasteiger partial charge on any atom is 0.231 e. The van der Waals surface area contributed by atoms with Crippen LogP contribution in [-0.4, -0.2) is 43.5 Å². The third-order valence-electron chi connectivity index (χ3n) is 5.81. The number of aryl methyl sites for hydroxylation is 3. The molecule has 0 radical (unpaired) electrons. The molecule has 1 fully saturated rings. The Morgan fingerprint density at radius 1 is 1.17 bits per heavy atom. The normalized spacial score (nSPS) is 19.8. The van der Waals surface area contributed by atoms with Crippen LogP contribution in [0.5, 0.6) is 0 Å². The molecule has 1 amide bonds. The van der Waals surface area contributed by atoms with Crippen LogP contribution in [-0.2, 0) is 17.8 Å². The van der Waals surface area contributed by atoms with Crippen molar-refractivity contribution in [2.75, 3.05) is 23.3 Å². The van der Waals surface area contributed by atoms with E-state index in [0.29, 0.717) is 11.7 Å². The molecular weight excluding hydrogens is 386 g/mol. The molecule has 0 saturated carbocycles. The summed E-state index contributed by atoms with van der Waals surface area (Å²) >= 11 is 1.47. The van der Waals surface area contributed by atoms with Gasteiger partial charge in [0, 0.05) is 31.4 Å². The van der Waals surface area contributed by atoms with E-state index in [0.717, 1.165) is 60.9 Å². The molecule has 3 aromatic heterocycles. The van der Waals surface area contributed by atoms with E-state index in [9.17, 15) is 4.79 Å². The number of amides is 1. The quantitative estimate of drug-likeness (QED) is 0.712. The molecule has 1 N–H and O–H groups in total. The summed E-state index contributed by atoms with van der Waals surface area (Å²) in [5.74, 6) is 1.93. The fourth-order valence-corrected chi connectivity index (χ4v) is 5.05. The van der Waals surface area contributed by atoms with Crippen molar-refractivity contribution in [1.29, 1.82) is 0 Å². The Labute approximate surface area is 173 Å². The number of rotatable bonds is 3. The van der Waals surface area contributed by atoms with Gasteiger partial charge in [0.1, 0.15) is 12.2 Å². The first-order valence-electron chi connectivity index (χ1n) is 10.4.